The van der Waals surface area contributed by atoms with Crippen molar-refractivity contribution in [1.29, 1.82) is 0 Å². The summed E-state index contributed by atoms with van der Waals surface area (Å²) >= 11 is 0. The average molecular weight is 227 g/mol. The minimum absolute atomic E-state index is 1.05. The van der Waals surface area contributed by atoms with Crippen LogP contribution in [0.2, 0.25) is 0 Å². The number of nitrogens with zero attached hydrogens (tertiary/aromatic N) is 1. The summed E-state index contributed by atoms with van der Waals surface area (Å²) in [6.45, 7) is 9.85. The first-order valence-corrected chi connectivity index (χ1v) is 6.44. The summed E-state index contributed by atoms with van der Waals surface area (Å²) < 4.78 is 0. The number of hydrogen-bond donors (Lipinski definition) is 0. The molecule has 2 aromatic carbocycles. The van der Waals surface area contributed by atoms with E-state index in [1.807, 2.05) is 0 Å². The Morgan fingerprint density at radius 2 is 1.53 bits per heavy atom. The third-order valence-electron chi connectivity index (χ3n) is 3.36. The van der Waals surface area contributed by atoms with Crippen LogP contribution in [0, 0.1) is 6.92 Å². The lowest BCUT2D eigenvalue weighted by molar-refractivity contribution is 0.296. The zero-order valence-corrected chi connectivity index (χ0v) is 11.0. The SMILES string of the molecule is CCN(CC)Cc1ccc2cc(C)ccc2c1. The number of rotatable bonds is 4. The maximum atomic E-state index is 2.44. The highest BCUT2D eigenvalue weighted by atomic mass is 15.1. The number of aryl methyl sites for hydroxylation is 1. The molecule has 0 spiro atoms. The summed E-state index contributed by atoms with van der Waals surface area (Å²) in [6.07, 6.45) is 0. The van der Waals surface area contributed by atoms with Gasteiger partial charge in [-0.2, -0.15) is 0 Å². The number of hydrogen-bond acceptors (Lipinski definition) is 1. The summed E-state index contributed by atoms with van der Waals surface area (Å²) in [5.74, 6) is 0. The van der Waals surface area contributed by atoms with E-state index >= 15 is 0 Å². The molecule has 0 atom stereocenters. The van der Waals surface area contributed by atoms with E-state index in [4.69, 9.17) is 0 Å². The molecular formula is C16H21N. The van der Waals surface area contributed by atoms with Crippen molar-refractivity contribution in [2.75, 3.05) is 13.1 Å². The summed E-state index contributed by atoms with van der Waals surface area (Å²) in [4.78, 5) is 2.44. The van der Waals surface area contributed by atoms with E-state index in [0.29, 0.717) is 0 Å². The molecule has 0 aliphatic rings. The molecule has 0 bridgehead atoms. The van der Waals surface area contributed by atoms with Crippen molar-refractivity contribution in [2.24, 2.45) is 0 Å². The molecule has 1 nitrogen and oxygen atoms in total. The molecule has 0 aromatic heterocycles. The van der Waals surface area contributed by atoms with Gasteiger partial charge < -0.3 is 0 Å². The summed E-state index contributed by atoms with van der Waals surface area (Å²) in [5, 5.41) is 2.69. The average Bonchev–Trinajstić information content (AvgIpc) is 2.36. The van der Waals surface area contributed by atoms with Gasteiger partial charge in [-0.3, -0.25) is 4.90 Å². The predicted octanol–water partition coefficient (Wildman–Crippen LogP) is 3.99. The monoisotopic (exact) mass is 227 g/mol. The van der Waals surface area contributed by atoms with E-state index in [-0.39, 0.29) is 0 Å². The standard InChI is InChI=1S/C16H21N/c1-4-17(5-2)12-14-7-9-15-10-13(3)6-8-16(15)11-14/h6-11H,4-5,12H2,1-3H3. The maximum absolute atomic E-state index is 2.44. The first kappa shape index (κ1) is 12.1. The van der Waals surface area contributed by atoms with Crippen LogP contribution in [0.3, 0.4) is 0 Å². The van der Waals surface area contributed by atoms with Crippen LogP contribution >= 0.6 is 0 Å². The van der Waals surface area contributed by atoms with Crippen LogP contribution in [0.15, 0.2) is 36.4 Å². The smallest absolute Gasteiger partial charge is 0.0233 e. The van der Waals surface area contributed by atoms with E-state index < -0.39 is 0 Å². The molecule has 0 aliphatic carbocycles. The van der Waals surface area contributed by atoms with E-state index in [9.17, 15) is 0 Å². The molecule has 0 aliphatic heterocycles. The minimum Gasteiger partial charge on any atom is -0.300 e. The van der Waals surface area contributed by atoms with Gasteiger partial charge in [0.05, 0.1) is 0 Å². The van der Waals surface area contributed by atoms with Crippen LogP contribution in [-0.4, -0.2) is 18.0 Å². The van der Waals surface area contributed by atoms with Crippen molar-refractivity contribution in [2.45, 2.75) is 27.3 Å². The summed E-state index contributed by atoms with van der Waals surface area (Å²) in [5.41, 5.74) is 2.74. The topological polar surface area (TPSA) is 3.24 Å². The van der Waals surface area contributed by atoms with Crippen molar-refractivity contribution >= 4 is 10.8 Å². The molecule has 0 amide bonds. The maximum Gasteiger partial charge on any atom is 0.0233 e. The molecule has 0 N–H and O–H groups in total. The van der Waals surface area contributed by atoms with Crippen LogP contribution in [0.25, 0.3) is 10.8 Å². The van der Waals surface area contributed by atoms with Crippen molar-refractivity contribution in [3.63, 3.8) is 0 Å². The van der Waals surface area contributed by atoms with Gasteiger partial charge in [0.25, 0.3) is 0 Å². The molecular weight excluding hydrogens is 206 g/mol. The summed E-state index contributed by atoms with van der Waals surface area (Å²) in [6, 6.07) is 13.4. The first-order valence-electron chi connectivity index (χ1n) is 6.44. The Morgan fingerprint density at radius 1 is 0.882 bits per heavy atom. The van der Waals surface area contributed by atoms with E-state index in [1.54, 1.807) is 0 Å². The molecule has 17 heavy (non-hydrogen) atoms. The van der Waals surface area contributed by atoms with Crippen LogP contribution < -0.4 is 0 Å². The van der Waals surface area contributed by atoms with Crippen LogP contribution in [0.4, 0.5) is 0 Å². The molecule has 0 radical (unpaired) electrons. The predicted molar refractivity (Wildman–Crippen MR) is 75.3 cm³/mol. The van der Waals surface area contributed by atoms with E-state index in [1.165, 1.54) is 21.9 Å². The van der Waals surface area contributed by atoms with Crippen LogP contribution in [-0.2, 0) is 6.54 Å². The van der Waals surface area contributed by atoms with Crippen LogP contribution in [0.5, 0.6) is 0 Å². The molecule has 1 heteroatoms. The lowest BCUT2D eigenvalue weighted by atomic mass is 10.0. The highest BCUT2D eigenvalue weighted by Crippen LogP contribution is 2.18. The van der Waals surface area contributed by atoms with E-state index in [2.05, 4.69) is 62.1 Å². The Hall–Kier alpha value is -1.34. The zero-order valence-electron chi connectivity index (χ0n) is 11.0. The van der Waals surface area contributed by atoms with Gasteiger partial charge in [0.2, 0.25) is 0 Å². The molecule has 90 valence electrons. The molecule has 0 unspecified atom stereocenters. The minimum atomic E-state index is 1.05. The fourth-order valence-corrected chi connectivity index (χ4v) is 2.22. The van der Waals surface area contributed by atoms with Crippen molar-refractivity contribution in [3.8, 4) is 0 Å². The lowest BCUT2D eigenvalue weighted by Crippen LogP contribution is -2.21. The molecule has 0 saturated heterocycles. The van der Waals surface area contributed by atoms with Gasteiger partial charge in [-0.05, 0) is 42.4 Å². The number of benzene rings is 2. The lowest BCUT2D eigenvalue weighted by Gasteiger charge is -2.18. The Kier molecular flexibility index (Phi) is 3.80. The zero-order chi connectivity index (χ0) is 12.3. The van der Waals surface area contributed by atoms with Crippen molar-refractivity contribution < 1.29 is 0 Å². The van der Waals surface area contributed by atoms with Crippen molar-refractivity contribution in [1.82, 2.24) is 4.90 Å². The Bertz CT molecular complexity index is 498. The quantitative estimate of drug-likeness (QED) is 0.763. The molecule has 2 rings (SSSR count). The Morgan fingerprint density at radius 3 is 2.24 bits per heavy atom. The first-order chi connectivity index (χ1) is 8.22. The Balaban J connectivity index is 2.28. The highest BCUT2D eigenvalue weighted by molar-refractivity contribution is 5.83. The van der Waals surface area contributed by atoms with Crippen LogP contribution in [0.1, 0.15) is 25.0 Å². The Labute approximate surface area is 104 Å². The third-order valence-corrected chi connectivity index (χ3v) is 3.36. The second-order valence-electron chi connectivity index (χ2n) is 4.65. The van der Waals surface area contributed by atoms with Crippen molar-refractivity contribution in [3.05, 3.63) is 47.5 Å². The molecule has 2 aromatic rings. The third kappa shape index (κ3) is 2.86. The van der Waals surface area contributed by atoms with Gasteiger partial charge in [-0.25, -0.2) is 0 Å². The second-order valence-corrected chi connectivity index (χ2v) is 4.65. The second kappa shape index (κ2) is 5.33. The highest BCUT2D eigenvalue weighted by Gasteiger charge is 2.02. The summed E-state index contributed by atoms with van der Waals surface area (Å²) in [7, 11) is 0. The van der Waals surface area contributed by atoms with Gasteiger partial charge in [0.15, 0.2) is 0 Å². The van der Waals surface area contributed by atoms with Gasteiger partial charge in [0, 0.05) is 6.54 Å². The van der Waals surface area contributed by atoms with Gasteiger partial charge >= 0.3 is 0 Å². The largest absolute Gasteiger partial charge is 0.300 e. The normalized spacial score (nSPS) is 11.3. The van der Waals surface area contributed by atoms with Gasteiger partial charge in [-0.15, -0.1) is 0 Å². The van der Waals surface area contributed by atoms with E-state index in [0.717, 1.165) is 19.6 Å². The number of fused-ring (bicyclic) bond motifs is 1. The molecule has 0 saturated carbocycles. The van der Waals surface area contributed by atoms with Gasteiger partial charge in [0.1, 0.15) is 0 Å². The fourth-order valence-electron chi connectivity index (χ4n) is 2.22. The fraction of sp³-hybridized carbons (Fsp3) is 0.375. The molecule has 0 fully saturated rings. The molecule has 0 heterocycles. The van der Waals surface area contributed by atoms with Gasteiger partial charge in [-0.1, -0.05) is 49.7 Å².